The molecule has 6 nitrogen and oxygen atoms in total. The number of aromatic amines is 2. The van der Waals surface area contributed by atoms with Gasteiger partial charge in [0, 0.05) is 32.5 Å². The van der Waals surface area contributed by atoms with Gasteiger partial charge in [-0.25, -0.2) is 5.43 Å². The molecule has 17 heteroatoms. The van der Waals surface area contributed by atoms with Crippen LogP contribution in [0.3, 0.4) is 0 Å². The van der Waals surface area contributed by atoms with Crippen LogP contribution in [0, 0.1) is 0 Å². The highest BCUT2D eigenvalue weighted by Gasteiger charge is 2.34. The van der Waals surface area contributed by atoms with Gasteiger partial charge in [-0.15, -0.1) is 0 Å². The molecule has 0 fully saturated rings. The lowest BCUT2D eigenvalue weighted by atomic mass is 10.1. The molecule has 232 valence electrons. The van der Waals surface area contributed by atoms with Gasteiger partial charge in [0.15, 0.2) is 0 Å². The third-order valence-electron chi connectivity index (χ3n) is 6.46. The van der Waals surface area contributed by atoms with Gasteiger partial charge in [0.2, 0.25) is 0 Å². The van der Waals surface area contributed by atoms with Crippen molar-refractivity contribution in [3.63, 3.8) is 0 Å². The highest BCUT2D eigenvalue weighted by Crippen LogP contribution is 2.36. The van der Waals surface area contributed by atoms with Crippen LogP contribution in [0.5, 0.6) is 0 Å². The number of nitrogens with one attached hydrogen (secondary N) is 3. The van der Waals surface area contributed by atoms with E-state index in [4.69, 9.17) is 0 Å². The summed E-state index contributed by atoms with van der Waals surface area (Å²) < 4.78 is 119. The molecule has 0 saturated heterocycles. The van der Waals surface area contributed by atoms with Crippen LogP contribution < -0.4 is 5.43 Å². The van der Waals surface area contributed by atoms with Crippen LogP contribution in [0.4, 0.5) is 39.5 Å². The summed E-state index contributed by atoms with van der Waals surface area (Å²) in [5.41, 5.74) is 0.494. The molecular weight excluding hydrogens is 741 g/mol. The Morgan fingerprint density at radius 2 is 1.27 bits per heavy atom. The van der Waals surface area contributed by atoms with E-state index in [0.29, 0.717) is 27.9 Å². The summed E-state index contributed by atoms with van der Waals surface area (Å²) in [5.74, 6) is -0.874. The molecule has 3 aromatic heterocycles. The SMILES string of the molecule is O=C(c1ccc(C(F)(F)F)cn1)N(Cc1cc(Br)c2[nH]c(C(F)(F)F)cc2c1)NCc1cc(Br)c2[nH]c(C(F)(F)F)cc2c1. The van der Waals surface area contributed by atoms with Gasteiger partial charge in [-0.2, -0.15) is 39.5 Å². The second kappa shape index (κ2) is 11.4. The summed E-state index contributed by atoms with van der Waals surface area (Å²) in [5, 5.41) is 1.38. The zero-order valence-electron chi connectivity index (χ0n) is 21.6. The van der Waals surface area contributed by atoms with E-state index in [-0.39, 0.29) is 45.1 Å². The van der Waals surface area contributed by atoms with E-state index in [1.54, 1.807) is 0 Å². The van der Waals surface area contributed by atoms with Crippen molar-refractivity contribution in [1.29, 1.82) is 0 Å². The number of halogens is 11. The number of hydrazine groups is 1. The molecule has 0 bridgehead atoms. The maximum atomic E-state index is 13.4. The summed E-state index contributed by atoms with van der Waals surface area (Å²) >= 11 is 6.45. The van der Waals surface area contributed by atoms with Gasteiger partial charge in [0.1, 0.15) is 17.1 Å². The van der Waals surface area contributed by atoms with Crippen LogP contribution in [0.25, 0.3) is 21.8 Å². The third kappa shape index (κ3) is 6.73. The zero-order chi connectivity index (χ0) is 32.2. The van der Waals surface area contributed by atoms with Crippen LogP contribution >= 0.6 is 31.9 Å². The first kappa shape index (κ1) is 31.8. The molecule has 0 aliphatic heterocycles. The molecule has 1 amide bonds. The maximum Gasteiger partial charge on any atom is 0.431 e. The number of aromatic nitrogens is 3. The first-order valence-corrected chi connectivity index (χ1v) is 13.8. The van der Waals surface area contributed by atoms with Gasteiger partial charge in [0.25, 0.3) is 5.91 Å². The van der Waals surface area contributed by atoms with Crippen molar-refractivity contribution in [3.8, 4) is 0 Å². The minimum Gasteiger partial charge on any atom is -0.350 e. The lowest BCUT2D eigenvalue weighted by Crippen LogP contribution is -2.42. The van der Waals surface area contributed by atoms with E-state index < -0.39 is 41.4 Å². The number of pyridine rings is 1. The Morgan fingerprint density at radius 3 is 1.75 bits per heavy atom. The number of H-pyrrole nitrogens is 2. The van der Waals surface area contributed by atoms with E-state index in [0.717, 1.165) is 23.2 Å². The molecule has 3 heterocycles. The van der Waals surface area contributed by atoms with E-state index >= 15 is 0 Å². The number of rotatable bonds is 6. The van der Waals surface area contributed by atoms with Crippen LogP contribution in [0.2, 0.25) is 0 Å². The molecular formula is C27H16Br2F9N5O. The second-order valence-electron chi connectivity index (χ2n) is 9.60. The van der Waals surface area contributed by atoms with Crippen molar-refractivity contribution >= 4 is 59.6 Å². The monoisotopic (exact) mass is 755 g/mol. The molecule has 0 radical (unpaired) electrons. The molecule has 0 aliphatic rings. The first-order chi connectivity index (χ1) is 20.4. The lowest BCUT2D eigenvalue weighted by molar-refractivity contribution is -0.141. The van der Waals surface area contributed by atoms with Crippen molar-refractivity contribution in [2.24, 2.45) is 0 Å². The molecule has 0 saturated carbocycles. The van der Waals surface area contributed by atoms with E-state index in [2.05, 4.69) is 52.2 Å². The van der Waals surface area contributed by atoms with Crippen molar-refractivity contribution in [2.75, 3.05) is 0 Å². The number of alkyl halides is 9. The average molecular weight is 757 g/mol. The van der Waals surface area contributed by atoms with Gasteiger partial charge < -0.3 is 9.97 Å². The number of hydrogen-bond donors (Lipinski definition) is 3. The molecule has 0 unspecified atom stereocenters. The topological polar surface area (TPSA) is 76.8 Å². The fourth-order valence-electron chi connectivity index (χ4n) is 4.41. The predicted octanol–water partition coefficient (Wildman–Crippen LogP) is 8.97. The minimum absolute atomic E-state index is 0.140. The summed E-state index contributed by atoms with van der Waals surface area (Å²) in [6.45, 7) is -0.423. The standard InChI is InChI=1S/C27H16Br2F9N5O/c28-17-5-12(3-14-7-20(26(33,34)35)41-22(14)17)9-40-43(24(44)19-2-1-16(10-39-19)25(30,31)32)11-13-4-15-8-21(27(36,37)38)42-23(15)18(29)6-13/h1-8,10,40-42H,9,11H2. The van der Waals surface area contributed by atoms with Gasteiger partial charge in [-0.05, 0) is 91.5 Å². The molecule has 0 aliphatic carbocycles. The second-order valence-corrected chi connectivity index (χ2v) is 11.3. The predicted molar refractivity (Wildman–Crippen MR) is 148 cm³/mol. The number of amides is 1. The average Bonchev–Trinajstić information content (AvgIpc) is 3.56. The van der Waals surface area contributed by atoms with Crippen molar-refractivity contribution in [3.05, 3.63) is 97.4 Å². The van der Waals surface area contributed by atoms with Gasteiger partial charge in [0.05, 0.1) is 23.1 Å². The Labute approximate surface area is 257 Å². The first-order valence-electron chi connectivity index (χ1n) is 12.3. The lowest BCUT2D eigenvalue weighted by Gasteiger charge is -2.24. The number of fused-ring (bicyclic) bond motifs is 2. The molecule has 2 aromatic carbocycles. The van der Waals surface area contributed by atoms with Gasteiger partial charge in [-0.1, -0.05) is 0 Å². The van der Waals surface area contributed by atoms with Crippen molar-refractivity contribution in [2.45, 2.75) is 31.6 Å². The molecule has 44 heavy (non-hydrogen) atoms. The molecule has 3 N–H and O–H groups in total. The van der Waals surface area contributed by atoms with E-state index in [9.17, 15) is 44.3 Å². The highest BCUT2D eigenvalue weighted by molar-refractivity contribution is 9.11. The Balaban J connectivity index is 1.47. The smallest absolute Gasteiger partial charge is 0.350 e. The summed E-state index contributed by atoms with van der Waals surface area (Å²) in [6, 6.07) is 9.16. The normalized spacial score (nSPS) is 12.8. The number of benzene rings is 2. The largest absolute Gasteiger partial charge is 0.431 e. The Morgan fingerprint density at radius 1 is 0.750 bits per heavy atom. The fourth-order valence-corrected chi connectivity index (χ4v) is 5.65. The molecule has 0 spiro atoms. The fraction of sp³-hybridized carbons (Fsp3) is 0.185. The van der Waals surface area contributed by atoms with Crippen molar-refractivity contribution in [1.82, 2.24) is 25.4 Å². The van der Waals surface area contributed by atoms with E-state index in [1.165, 1.54) is 24.3 Å². The minimum atomic E-state index is -4.70. The third-order valence-corrected chi connectivity index (χ3v) is 7.71. The molecule has 0 atom stereocenters. The Bertz CT molecular complexity index is 1860. The highest BCUT2D eigenvalue weighted by atomic mass is 79.9. The molecule has 5 aromatic rings. The van der Waals surface area contributed by atoms with Crippen LogP contribution in [0.15, 0.2) is 63.7 Å². The number of nitrogens with zero attached hydrogens (tertiary/aromatic N) is 2. The van der Waals surface area contributed by atoms with Crippen molar-refractivity contribution < 1.29 is 44.3 Å². The zero-order valence-corrected chi connectivity index (χ0v) is 24.7. The van der Waals surface area contributed by atoms with E-state index in [1.807, 2.05) is 0 Å². The quantitative estimate of drug-likeness (QED) is 0.120. The molecule has 5 rings (SSSR count). The summed E-state index contributed by atoms with van der Waals surface area (Å²) in [6.07, 6.45) is -13.5. The maximum absolute atomic E-state index is 13.4. The summed E-state index contributed by atoms with van der Waals surface area (Å²) in [7, 11) is 0. The summed E-state index contributed by atoms with van der Waals surface area (Å²) in [4.78, 5) is 21.6. The van der Waals surface area contributed by atoms with Crippen LogP contribution in [-0.4, -0.2) is 25.9 Å². The Hall–Kier alpha value is -3.57. The number of hydrogen-bond acceptors (Lipinski definition) is 3. The van der Waals surface area contributed by atoms with Crippen LogP contribution in [0.1, 0.15) is 38.6 Å². The number of carbonyl (C=O) groups excluding carboxylic acids is 1. The Kier molecular flexibility index (Phi) is 8.26. The van der Waals surface area contributed by atoms with Gasteiger partial charge >= 0.3 is 18.5 Å². The van der Waals surface area contributed by atoms with Gasteiger partial charge in [-0.3, -0.25) is 14.8 Å². The van der Waals surface area contributed by atoms with Crippen LogP contribution in [-0.2, 0) is 31.6 Å². The number of carbonyl (C=O) groups is 1.